The zero-order chi connectivity index (χ0) is 13.9. The molecular weight excluding hydrogens is 254 g/mol. The molecule has 20 heavy (non-hydrogen) atoms. The molecule has 0 bridgehead atoms. The van der Waals surface area contributed by atoms with Crippen molar-refractivity contribution < 1.29 is 0 Å². The third kappa shape index (κ3) is 2.16. The number of hydrogen-bond acceptors (Lipinski definition) is 3. The average Bonchev–Trinajstić information content (AvgIpc) is 2.48. The van der Waals surface area contributed by atoms with Crippen molar-refractivity contribution in [2.45, 2.75) is 0 Å². The molecule has 1 aromatic heterocycles. The number of para-hydroxylation sites is 1. The quantitative estimate of drug-likeness (QED) is 0.765. The maximum absolute atomic E-state index is 12.1. The molecule has 1 heterocycles. The van der Waals surface area contributed by atoms with Gasteiger partial charge in [-0.3, -0.25) is 4.98 Å². The number of aromatic nitrogens is 3. The molecular formula is C15H11N3O2. The summed E-state index contributed by atoms with van der Waals surface area (Å²) in [5.74, 6) is 0.271. The van der Waals surface area contributed by atoms with Crippen molar-refractivity contribution in [1.29, 1.82) is 0 Å². The first-order valence-electron chi connectivity index (χ1n) is 6.10. The fourth-order valence-corrected chi connectivity index (χ4v) is 1.96. The number of aromatic amines is 1. The summed E-state index contributed by atoms with van der Waals surface area (Å²) in [6, 6.07) is 17.7. The van der Waals surface area contributed by atoms with Crippen molar-refractivity contribution >= 4 is 0 Å². The maximum atomic E-state index is 12.1. The zero-order valence-corrected chi connectivity index (χ0v) is 10.5. The van der Waals surface area contributed by atoms with Crippen molar-refractivity contribution in [1.82, 2.24) is 14.5 Å². The van der Waals surface area contributed by atoms with Crippen molar-refractivity contribution in [3.05, 3.63) is 81.6 Å². The summed E-state index contributed by atoms with van der Waals surface area (Å²) in [5, 5.41) is 0. The van der Waals surface area contributed by atoms with Gasteiger partial charge in [0, 0.05) is 5.56 Å². The Bertz CT molecular complexity index is 805. The van der Waals surface area contributed by atoms with Gasteiger partial charge in [-0.1, -0.05) is 48.5 Å². The van der Waals surface area contributed by atoms with Crippen molar-refractivity contribution in [3.8, 4) is 17.1 Å². The Morgan fingerprint density at radius 3 is 2.05 bits per heavy atom. The molecule has 0 aliphatic heterocycles. The Hall–Kier alpha value is -2.95. The van der Waals surface area contributed by atoms with Crippen LogP contribution in [0.5, 0.6) is 0 Å². The molecule has 0 spiro atoms. The van der Waals surface area contributed by atoms with Gasteiger partial charge < -0.3 is 0 Å². The minimum atomic E-state index is -0.598. The van der Waals surface area contributed by atoms with Gasteiger partial charge in [0.05, 0.1) is 5.69 Å². The molecule has 0 aliphatic carbocycles. The first-order chi connectivity index (χ1) is 9.75. The van der Waals surface area contributed by atoms with Gasteiger partial charge in [0.1, 0.15) is 5.82 Å². The molecule has 0 aliphatic rings. The molecule has 0 unspecified atom stereocenters. The zero-order valence-electron chi connectivity index (χ0n) is 10.5. The predicted octanol–water partition coefficient (Wildman–Crippen LogP) is 1.59. The van der Waals surface area contributed by atoms with Gasteiger partial charge in [-0.15, -0.1) is 0 Å². The Morgan fingerprint density at radius 1 is 0.850 bits per heavy atom. The number of H-pyrrole nitrogens is 1. The van der Waals surface area contributed by atoms with Crippen LogP contribution in [-0.2, 0) is 0 Å². The second-order valence-electron chi connectivity index (χ2n) is 4.21. The molecule has 5 heteroatoms. The summed E-state index contributed by atoms with van der Waals surface area (Å²) in [4.78, 5) is 30.7. The lowest BCUT2D eigenvalue weighted by Crippen LogP contribution is -2.36. The summed E-state index contributed by atoms with van der Waals surface area (Å²) in [7, 11) is 0. The van der Waals surface area contributed by atoms with Crippen LogP contribution in [0, 0.1) is 0 Å². The van der Waals surface area contributed by atoms with Crippen LogP contribution in [0.4, 0.5) is 0 Å². The van der Waals surface area contributed by atoms with Gasteiger partial charge in [-0.2, -0.15) is 4.98 Å². The van der Waals surface area contributed by atoms with E-state index in [4.69, 9.17) is 0 Å². The highest BCUT2D eigenvalue weighted by Crippen LogP contribution is 2.10. The number of hydrogen-bond donors (Lipinski definition) is 1. The van der Waals surface area contributed by atoms with Crippen molar-refractivity contribution in [2.24, 2.45) is 0 Å². The van der Waals surface area contributed by atoms with E-state index in [2.05, 4.69) is 9.97 Å². The van der Waals surface area contributed by atoms with Crippen LogP contribution in [0.1, 0.15) is 0 Å². The highest BCUT2D eigenvalue weighted by molar-refractivity contribution is 5.53. The normalized spacial score (nSPS) is 10.4. The highest BCUT2D eigenvalue weighted by Gasteiger charge is 2.08. The molecule has 0 fully saturated rings. The average molecular weight is 265 g/mol. The van der Waals surface area contributed by atoms with Crippen LogP contribution < -0.4 is 11.4 Å². The third-order valence-corrected chi connectivity index (χ3v) is 2.89. The lowest BCUT2D eigenvalue weighted by Gasteiger charge is -2.05. The van der Waals surface area contributed by atoms with Crippen molar-refractivity contribution in [2.75, 3.05) is 0 Å². The summed E-state index contributed by atoms with van der Waals surface area (Å²) in [6.07, 6.45) is 0. The Balaban J connectivity index is 2.19. The standard InChI is InChI=1S/C15H11N3O2/c19-14-16-13(11-7-3-1-4-8-11)17-15(20)18(14)12-9-5-2-6-10-12/h1-10H,(H,16,17,19,20). The van der Waals surface area contributed by atoms with Gasteiger partial charge >= 0.3 is 11.4 Å². The fourth-order valence-electron chi connectivity index (χ4n) is 1.96. The van der Waals surface area contributed by atoms with Gasteiger partial charge in [0.15, 0.2) is 0 Å². The number of benzene rings is 2. The van der Waals surface area contributed by atoms with E-state index in [0.29, 0.717) is 11.3 Å². The van der Waals surface area contributed by atoms with Gasteiger partial charge in [-0.05, 0) is 12.1 Å². The minimum absolute atomic E-state index is 0.271. The van der Waals surface area contributed by atoms with E-state index in [1.54, 1.807) is 36.4 Å². The minimum Gasteiger partial charge on any atom is -0.291 e. The fraction of sp³-hybridized carbons (Fsp3) is 0. The SMILES string of the molecule is O=c1nc(-c2ccccc2)[nH]c(=O)n1-c1ccccc1. The van der Waals surface area contributed by atoms with Crippen LogP contribution in [0.2, 0.25) is 0 Å². The molecule has 5 nitrogen and oxygen atoms in total. The first-order valence-corrected chi connectivity index (χ1v) is 6.10. The number of rotatable bonds is 2. The molecule has 1 N–H and O–H groups in total. The summed E-state index contributed by atoms with van der Waals surface area (Å²) in [5.41, 5.74) is 0.0848. The molecule has 2 aromatic carbocycles. The number of nitrogens with one attached hydrogen (secondary N) is 1. The highest BCUT2D eigenvalue weighted by atomic mass is 16.2. The number of nitrogens with zero attached hydrogens (tertiary/aromatic N) is 2. The van der Waals surface area contributed by atoms with E-state index >= 15 is 0 Å². The maximum Gasteiger partial charge on any atom is 0.358 e. The smallest absolute Gasteiger partial charge is 0.291 e. The van der Waals surface area contributed by atoms with Crippen LogP contribution in [-0.4, -0.2) is 14.5 Å². The van der Waals surface area contributed by atoms with Gasteiger partial charge in [-0.25, -0.2) is 14.2 Å². The molecule has 3 rings (SSSR count). The topological polar surface area (TPSA) is 67.8 Å². The van der Waals surface area contributed by atoms with Crippen LogP contribution in [0.25, 0.3) is 17.1 Å². The van der Waals surface area contributed by atoms with Gasteiger partial charge in [0.25, 0.3) is 0 Å². The van der Waals surface area contributed by atoms with E-state index in [0.717, 1.165) is 4.57 Å². The van der Waals surface area contributed by atoms with Crippen LogP contribution in [0.3, 0.4) is 0 Å². The molecule has 0 saturated heterocycles. The predicted molar refractivity (Wildman–Crippen MR) is 75.9 cm³/mol. The lowest BCUT2D eigenvalue weighted by atomic mass is 10.2. The second-order valence-corrected chi connectivity index (χ2v) is 4.21. The molecule has 0 amide bonds. The van der Waals surface area contributed by atoms with Crippen molar-refractivity contribution in [3.63, 3.8) is 0 Å². The Kier molecular flexibility index (Phi) is 3.01. The van der Waals surface area contributed by atoms with E-state index in [-0.39, 0.29) is 5.82 Å². The third-order valence-electron chi connectivity index (χ3n) is 2.89. The van der Waals surface area contributed by atoms with E-state index in [9.17, 15) is 9.59 Å². The van der Waals surface area contributed by atoms with E-state index in [1.165, 1.54) is 0 Å². The Morgan fingerprint density at radius 2 is 1.45 bits per heavy atom. The van der Waals surface area contributed by atoms with Crippen LogP contribution in [0.15, 0.2) is 70.3 Å². The summed E-state index contributed by atoms with van der Waals surface area (Å²) < 4.78 is 1.01. The van der Waals surface area contributed by atoms with Crippen LogP contribution >= 0.6 is 0 Å². The lowest BCUT2D eigenvalue weighted by molar-refractivity contribution is 0.817. The molecule has 0 atom stereocenters. The Labute approximate surface area is 114 Å². The summed E-state index contributed by atoms with van der Waals surface area (Å²) >= 11 is 0. The molecule has 0 saturated carbocycles. The summed E-state index contributed by atoms with van der Waals surface area (Å²) in [6.45, 7) is 0. The molecule has 98 valence electrons. The van der Waals surface area contributed by atoms with Gasteiger partial charge in [0.2, 0.25) is 0 Å². The molecule has 0 radical (unpaired) electrons. The van der Waals surface area contributed by atoms with E-state index < -0.39 is 11.4 Å². The van der Waals surface area contributed by atoms with E-state index in [1.807, 2.05) is 24.3 Å². The monoisotopic (exact) mass is 265 g/mol. The first kappa shape index (κ1) is 12.1. The second kappa shape index (κ2) is 4.97. The largest absolute Gasteiger partial charge is 0.358 e. The molecule has 3 aromatic rings.